The van der Waals surface area contributed by atoms with E-state index in [1.165, 1.54) is 37.7 Å². The zero-order valence-corrected chi connectivity index (χ0v) is 10.9. The number of hydrogen-bond acceptors (Lipinski definition) is 2. The average Bonchev–Trinajstić information content (AvgIpc) is 2.39. The van der Waals surface area contributed by atoms with Gasteiger partial charge >= 0.3 is 0 Å². The summed E-state index contributed by atoms with van der Waals surface area (Å²) >= 11 is 0. The molecule has 1 amide bonds. The van der Waals surface area contributed by atoms with E-state index in [4.69, 9.17) is 10.5 Å². The van der Waals surface area contributed by atoms with Crippen molar-refractivity contribution in [3.8, 4) is 5.75 Å². The molecule has 0 aromatic heterocycles. The van der Waals surface area contributed by atoms with Crippen LogP contribution in [0.25, 0.3) is 0 Å². The Kier molecular flexibility index (Phi) is 4.24. The van der Waals surface area contributed by atoms with E-state index in [0.29, 0.717) is 5.92 Å². The van der Waals surface area contributed by atoms with Gasteiger partial charge in [-0.2, -0.15) is 0 Å². The summed E-state index contributed by atoms with van der Waals surface area (Å²) in [7, 11) is 1.67. The summed E-state index contributed by atoms with van der Waals surface area (Å²) in [5, 5.41) is 0. The zero-order chi connectivity index (χ0) is 13.0. The van der Waals surface area contributed by atoms with Crippen LogP contribution in [0.2, 0.25) is 0 Å². The molecule has 0 bridgehead atoms. The first-order valence-corrected chi connectivity index (χ1v) is 6.66. The van der Waals surface area contributed by atoms with Crippen molar-refractivity contribution < 1.29 is 9.53 Å². The number of methoxy groups -OCH3 is 1. The highest BCUT2D eigenvalue weighted by atomic mass is 16.5. The minimum Gasteiger partial charge on any atom is -0.496 e. The average molecular weight is 247 g/mol. The molecule has 18 heavy (non-hydrogen) atoms. The van der Waals surface area contributed by atoms with E-state index in [2.05, 4.69) is 6.07 Å². The number of nitrogens with two attached hydrogens (primary N) is 1. The number of amides is 1. The van der Waals surface area contributed by atoms with Crippen LogP contribution in [-0.4, -0.2) is 13.0 Å². The van der Waals surface area contributed by atoms with Crippen molar-refractivity contribution in [2.45, 2.75) is 44.4 Å². The van der Waals surface area contributed by atoms with Crippen LogP contribution in [0.1, 0.15) is 49.1 Å². The fourth-order valence-corrected chi connectivity index (χ4v) is 2.92. The van der Waals surface area contributed by atoms with Crippen LogP contribution in [-0.2, 0) is 11.2 Å². The monoisotopic (exact) mass is 247 g/mol. The third-order valence-electron chi connectivity index (χ3n) is 3.74. The fraction of sp³-hybridized carbons (Fsp3) is 0.533. The molecule has 0 radical (unpaired) electrons. The van der Waals surface area contributed by atoms with E-state index in [1.807, 2.05) is 12.1 Å². The molecular weight excluding hydrogens is 226 g/mol. The Hall–Kier alpha value is -1.51. The Morgan fingerprint density at radius 2 is 2.06 bits per heavy atom. The van der Waals surface area contributed by atoms with Crippen LogP contribution in [0, 0.1) is 0 Å². The summed E-state index contributed by atoms with van der Waals surface area (Å²) in [4.78, 5) is 11.1. The topological polar surface area (TPSA) is 52.3 Å². The van der Waals surface area contributed by atoms with E-state index in [-0.39, 0.29) is 12.3 Å². The van der Waals surface area contributed by atoms with Crippen LogP contribution < -0.4 is 10.5 Å². The quantitative estimate of drug-likeness (QED) is 0.889. The second-order valence-electron chi connectivity index (χ2n) is 5.02. The minimum atomic E-state index is -0.311. The van der Waals surface area contributed by atoms with Gasteiger partial charge in [0.25, 0.3) is 0 Å². The van der Waals surface area contributed by atoms with E-state index in [1.54, 1.807) is 7.11 Å². The van der Waals surface area contributed by atoms with E-state index in [0.717, 1.165) is 11.3 Å². The summed E-state index contributed by atoms with van der Waals surface area (Å²) in [6.45, 7) is 0. The lowest BCUT2D eigenvalue weighted by atomic mass is 9.83. The predicted molar refractivity (Wildman–Crippen MR) is 71.7 cm³/mol. The van der Waals surface area contributed by atoms with Gasteiger partial charge in [0.15, 0.2) is 0 Å². The van der Waals surface area contributed by atoms with Crippen molar-refractivity contribution in [2.75, 3.05) is 7.11 Å². The molecule has 98 valence electrons. The molecule has 0 spiro atoms. The summed E-state index contributed by atoms with van der Waals surface area (Å²) in [5.41, 5.74) is 7.44. The van der Waals surface area contributed by atoms with Gasteiger partial charge in [-0.25, -0.2) is 0 Å². The predicted octanol–water partition coefficient (Wildman–Crippen LogP) is 2.77. The normalized spacial score (nSPS) is 16.5. The molecule has 0 aliphatic heterocycles. The van der Waals surface area contributed by atoms with Crippen LogP contribution in [0.5, 0.6) is 5.75 Å². The molecule has 1 saturated carbocycles. The Morgan fingerprint density at radius 3 is 2.67 bits per heavy atom. The number of hydrogen-bond donors (Lipinski definition) is 1. The first-order valence-electron chi connectivity index (χ1n) is 6.66. The summed E-state index contributed by atoms with van der Waals surface area (Å²) in [6.07, 6.45) is 6.60. The van der Waals surface area contributed by atoms with Gasteiger partial charge in [0.2, 0.25) is 5.91 Å². The van der Waals surface area contributed by atoms with Gasteiger partial charge in [0.05, 0.1) is 13.5 Å². The second-order valence-corrected chi connectivity index (χ2v) is 5.02. The molecule has 0 saturated heterocycles. The Morgan fingerprint density at radius 1 is 1.33 bits per heavy atom. The largest absolute Gasteiger partial charge is 0.496 e. The van der Waals surface area contributed by atoms with Crippen molar-refractivity contribution in [3.05, 3.63) is 29.3 Å². The van der Waals surface area contributed by atoms with E-state index in [9.17, 15) is 4.79 Å². The van der Waals surface area contributed by atoms with Crippen molar-refractivity contribution >= 4 is 5.91 Å². The molecule has 0 heterocycles. The number of benzene rings is 1. The number of carbonyl (C=O) groups is 1. The van der Waals surface area contributed by atoms with Gasteiger partial charge < -0.3 is 10.5 Å². The molecule has 2 rings (SSSR count). The molecule has 1 fully saturated rings. The maximum atomic E-state index is 11.1. The third-order valence-corrected chi connectivity index (χ3v) is 3.74. The number of rotatable bonds is 4. The molecule has 0 unspecified atom stereocenters. The summed E-state index contributed by atoms with van der Waals surface area (Å²) < 4.78 is 5.52. The maximum Gasteiger partial charge on any atom is 0.221 e. The van der Waals surface area contributed by atoms with Gasteiger partial charge in [0, 0.05) is 5.56 Å². The first kappa shape index (κ1) is 12.9. The number of primary amides is 1. The Bertz CT molecular complexity index is 423. The standard InChI is InChI=1S/C15H21NO2/c1-18-15-12(10-14(16)17)8-5-9-13(15)11-6-3-2-4-7-11/h5,8-9,11H,2-4,6-7,10H2,1H3,(H2,16,17). The highest BCUT2D eigenvalue weighted by molar-refractivity contribution is 5.77. The van der Waals surface area contributed by atoms with Crippen LogP contribution in [0.4, 0.5) is 0 Å². The van der Waals surface area contributed by atoms with Crippen molar-refractivity contribution in [1.82, 2.24) is 0 Å². The third kappa shape index (κ3) is 2.84. The van der Waals surface area contributed by atoms with Crippen LogP contribution in [0.15, 0.2) is 18.2 Å². The van der Waals surface area contributed by atoms with Gasteiger partial charge in [-0.3, -0.25) is 4.79 Å². The zero-order valence-electron chi connectivity index (χ0n) is 10.9. The van der Waals surface area contributed by atoms with E-state index >= 15 is 0 Å². The smallest absolute Gasteiger partial charge is 0.221 e. The van der Waals surface area contributed by atoms with E-state index < -0.39 is 0 Å². The van der Waals surface area contributed by atoms with Gasteiger partial charge in [-0.05, 0) is 24.3 Å². The molecule has 0 atom stereocenters. The lowest BCUT2D eigenvalue weighted by Crippen LogP contribution is -2.15. The summed E-state index contributed by atoms with van der Waals surface area (Å²) in [5.74, 6) is 1.12. The second kappa shape index (κ2) is 5.89. The maximum absolute atomic E-state index is 11.1. The summed E-state index contributed by atoms with van der Waals surface area (Å²) in [6, 6.07) is 6.06. The van der Waals surface area contributed by atoms with Crippen LogP contribution >= 0.6 is 0 Å². The first-order chi connectivity index (χ1) is 8.72. The molecule has 1 aliphatic rings. The molecule has 1 aromatic carbocycles. The molecule has 3 heteroatoms. The number of ether oxygens (including phenoxy) is 1. The highest BCUT2D eigenvalue weighted by Gasteiger charge is 2.21. The molecule has 1 aliphatic carbocycles. The molecular formula is C15H21NO2. The lowest BCUT2D eigenvalue weighted by Gasteiger charge is -2.24. The lowest BCUT2D eigenvalue weighted by molar-refractivity contribution is -0.117. The number of carbonyl (C=O) groups excluding carboxylic acids is 1. The van der Waals surface area contributed by atoms with Crippen molar-refractivity contribution in [2.24, 2.45) is 5.73 Å². The van der Waals surface area contributed by atoms with Crippen molar-refractivity contribution in [1.29, 1.82) is 0 Å². The molecule has 1 aromatic rings. The number of para-hydroxylation sites is 1. The molecule has 3 nitrogen and oxygen atoms in total. The Labute approximate surface area is 108 Å². The van der Waals surface area contributed by atoms with Gasteiger partial charge in [-0.15, -0.1) is 0 Å². The molecule has 2 N–H and O–H groups in total. The SMILES string of the molecule is COc1c(CC(N)=O)cccc1C1CCCCC1. The Balaban J connectivity index is 2.30. The fourth-order valence-electron chi connectivity index (χ4n) is 2.92. The van der Waals surface area contributed by atoms with Gasteiger partial charge in [-0.1, -0.05) is 37.5 Å². The van der Waals surface area contributed by atoms with Gasteiger partial charge in [0.1, 0.15) is 5.75 Å². The van der Waals surface area contributed by atoms with Crippen LogP contribution in [0.3, 0.4) is 0 Å². The highest BCUT2D eigenvalue weighted by Crippen LogP contribution is 2.38. The minimum absolute atomic E-state index is 0.254. The van der Waals surface area contributed by atoms with Crippen molar-refractivity contribution in [3.63, 3.8) is 0 Å².